The second-order valence-corrected chi connectivity index (χ2v) is 5.70. The van der Waals surface area contributed by atoms with Gasteiger partial charge in [-0.25, -0.2) is 4.98 Å². The van der Waals surface area contributed by atoms with Crippen LogP contribution in [-0.2, 0) is 12.8 Å². The van der Waals surface area contributed by atoms with Gasteiger partial charge in [-0.15, -0.1) is 11.3 Å². The quantitative estimate of drug-likeness (QED) is 0.931. The van der Waals surface area contributed by atoms with Crippen LogP contribution in [0.2, 0.25) is 5.02 Å². The number of rotatable bonds is 3. The minimum atomic E-state index is 0.605. The summed E-state index contributed by atoms with van der Waals surface area (Å²) in [7, 11) is 0. The maximum atomic E-state index is 5.92. The van der Waals surface area contributed by atoms with E-state index in [4.69, 9.17) is 17.3 Å². The lowest BCUT2D eigenvalue weighted by molar-refractivity contribution is 0.970. The van der Waals surface area contributed by atoms with E-state index in [-0.39, 0.29) is 0 Å². The van der Waals surface area contributed by atoms with E-state index in [1.165, 1.54) is 21.8 Å². The Labute approximate surface area is 112 Å². The summed E-state index contributed by atoms with van der Waals surface area (Å²) in [4.78, 5) is 5.31. The normalized spacial score (nSPS) is 10.6. The smallest absolute Gasteiger partial charge is 0.181 e. The molecule has 1 aromatic carbocycles. The largest absolute Gasteiger partial charge is 0.375 e. The molecule has 0 saturated heterocycles. The predicted molar refractivity (Wildman–Crippen MR) is 73.1 cm³/mol. The Morgan fingerprint density at radius 2 is 2.19 bits per heavy atom. The van der Waals surface area contributed by atoms with Gasteiger partial charge in [0.2, 0.25) is 0 Å². The number of halogens is 2. The molecule has 0 aliphatic rings. The Hall–Kier alpha value is -0.580. The summed E-state index contributed by atoms with van der Waals surface area (Å²) in [5, 5.41) is 1.38. The number of nitrogens with zero attached hydrogens (tertiary/aromatic N) is 1. The molecule has 5 heteroatoms. The number of hydrogen-bond donors (Lipinski definition) is 1. The van der Waals surface area contributed by atoms with Crippen molar-refractivity contribution in [2.45, 2.75) is 12.8 Å². The van der Waals surface area contributed by atoms with Crippen LogP contribution in [0.4, 0.5) is 5.13 Å². The van der Waals surface area contributed by atoms with Crippen molar-refractivity contribution >= 4 is 44.0 Å². The fourth-order valence-electron chi connectivity index (χ4n) is 1.45. The topological polar surface area (TPSA) is 38.9 Å². The maximum Gasteiger partial charge on any atom is 0.181 e. The molecule has 0 bridgehead atoms. The van der Waals surface area contributed by atoms with Gasteiger partial charge in [-0.3, -0.25) is 0 Å². The van der Waals surface area contributed by atoms with E-state index in [0.717, 1.165) is 22.5 Å². The van der Waals surface area contributed by atoms with Crippen molar-refractivity contribution in [3.63, 3.8) is 0 Å². The lowest BCUT2D eigenvalue weighted by atomic mass is 10.1. The molecule has 2 aromatic rings. The third kappa shape index (κ3) is 2.97. The molecule has 0 aliphatic heterocycles. The van der Waals surface area contributed by atoms with E-state index in [1.54, 1.807) is 0 Å². The third-order valence-electron chi connectivity index (χ3n) is 2.20. The van der Waals surface area contributed by atoms with Crippen molar-refractivity contribution in [1.82, 2.24) is 4.98 Å². The van der Waals surface area contributed by atoms with E-state index in [9.17, 15) is 0 Å². The highest BCUT2D eigenvalue weighted by molar-refractivity contribution is 9.10. The van der Waals surface area contributed by atoms with Gasteiger partial charge < -0.3 is 5.73 Å². The second-order valence-electron chi connectivity index (χ2n) is 3.40. The van der Waals surface area contributed by atoms with E-state index >= 15 is 0 Å². The van der Waals surface area contributed by atoms with Crippen LogP contribution >= 0.6 is 38.9 Å². The van der Waals surface area contributed by atoms with Gasteiger partial charge in [-0.2, -0.15) is 0 Å². The summed E-state index contributed by atoms with van der Waals surface area (Å²) in [6.45, 7) is 0. The first-order chi connectivity index (χ1) is 7.65. The summed E-state index contributed by atoms with van der Waals surface area (Å²) < 4.78 is 0.858. The Morgan fingerprint density at radius 3 is 2.81 bits per heavy atom. The molecule has 84 valence electrons. The Morgan fingerprint density at radius 1 is 1.38 bits per heavy atom. The number of nitrogens with two attached hydrogens (primary N) is 1. The van der Waals surface area contributed by atoms with Crippen LogP contribution in [0.15, 0.2) is 28.9 Å². The number of nitrogen functional groups attached to an aromatic ring is 1. The first-order valence-electron chi connectivity index (χ1n) is 4.80. The van der Waals surface area contributed by atoms with Crippen LogP contribution in [0.1, 0.15) is 10.4 Å². The number of benzene rings is 1. The van der Waals surface area contributed by atoms with Gasteiger partial charge in [0, 0.05) is 9.90 Å². The summed E-state index contributed by atoms with van der Waals surface area (Å²) >= 11 is 10.8. The highest BCUT2D eigenvalue weighted by Crippen LogP contribution is 2.26. The summed E-state index contributed by atoms with van der Waals surface area (Å²) in [5.41, 5.74) is 6.86. The van der Waals surface area contributed by atoms with E-state index in [1.807, 2.05) is 18.2 Å². The second kappa shape index (κ2) is 5.17. The summed E-state index contributed by atoms with van der Waals surface area (Å²) in [6.07, 6.45) is 1.87. The molecule has 0 atom stereocenters. The van der Waals surface area contributed by atoms with Crippen molar-refractivity contribution < 1.29 is 0 Å². The lowest BCUT2D eigenvalue weighted by Crippen LogP contribution is -1.89. The van der Waals surface area contributed by atoms with E-state index in [0.29, 0.717) is 5.13 Å². The van der Waals surface area contributed by atoms with Crippen molar-refractivity contribution in [3.05, 3.63) is 44.3 Å². The Balaban J connectivity index is 2.05. The van der Waals surface area contributed by atoms with Crippen molar-refractivity contribution in [1.29, 1.82) is 0 Å². The highest BCUT2D eigenvalue weighted by Gasteiger charge is 2.06. The number of hydrogen-bond acceptors (Lipinski definition) is 3. The van der Waals surface area contributed by atoms with Gasteiger partial charge in [-0.05, 0) is 46.5 Å². The average molecular weight is 318 g/mol. The molecule has 0 unspecified atom stereocenters. The number of thiazole rings is 1. The molecule has 16 heavy (non-hydrogen) atoms. The monoisotopic (exact) mass is 316 g/mol. The number of anilines is 1. The van der Waals surface area contributed by atoms with Gasteiger partial charge in [0.1, 0.15) is 4.60 Å². The van der Waals surface area contributed by atoms with Crippen molar-refractivity contribution in [3.8, 4) is 0 Å². The molecule has 0 spiro atoms. The molecule has 0 radical (unpaired) electrons. The third-order valence-corrected chi connectivity index (χ3v) is 4.29. The van der Waals surface area contributed by atoms with Gasteiger partial charge in [0.05, 0.1) is 0 Å². The van der Waals surface area contributed by atoms with Crippen LogP contribution in [0, 0.1) is 0 Å². The molecular weight excluding hydrogens is 308 g/mol. The van der Waals surface area contributed by atoms with Crippen LogP contribution in [0.3, 0.4) is 0 Å². The minimum absolute atomic E-state index is 0.605. The van der Waals surface area contributed by atoms with Crippen LogP contribution in [-0.4, -0.2) is 4.98 Å². The Bertz CT molecular complexity index is 498. The summed E-state index contributed by atoms with van der Waals surface area (Å²) in [5.74, 6) is 0. The van der Waals surface area contributed by atoms with Gasteiger partial charge in [0.15, 0.2) is 5.13 Å². The predicted octanol–water partition coefficient (Wildman–Crippen LogP) is 3.93. The molecule has 2 N–H and O–H groups in total. The molecule has 0 fully saturated rings. The SMILES string of the molecule is Nc1nc(Br)c(CCc2cccc(Cl)c2)s1. The molecule has 0 saturated carbocycles. The van der Waals surface area contributed by atoms with Crippen LogP contribution in [0.25, 0.3) is 0 Å². The standard InChI is InChI=1S/C11H10BrClN2S/c12-10-9(16-11(14)15-10)5-4-7-2-1-3-8(13)6-7/h1-3,6H,4-5H2,(H2,14,15). The van der Waals surface area contributed by atoms with Crippen LogP contribution in [0.5, 0.6) is 0 Å². The lowest BCUT2D eigenvalue weighted by Gasteiger charge is -2.00. The fraction of sp³-hybridized carbons (Fsp3) is 0.182. The zero-order valence-corrected chi connectivity index (χ0v) is 11.6. The maximum absolute atomic E-state index is 5.92. The first kappa shape index (κ1) is 11.9. The zero-order valence-electron chi connectivity index (χ0n) is 8.41. The molecule has 1 aromatic heterocycles. The fourth-order valence-corrected chi connectivity index (χ4v) is 3.14. The summed E-state index contributed by atoms with van der Waals surface area (Å²) in [6, 6.07) is 7.91. The molecule has 0 aliphatic carbocycles. The highest BCUT2D eigenvalue weighted by atomic mass is 79.9. The molecule has 2 nitrogen and oxygen atoms in total. The number of aryl methyl sites for hydroxylation is 2. The minimum Gasteiger partial charge on any atom is -0.375 e. The Kier molecular flexibility index (Phi) is 3.84. The number of aromatic nitrogens is 1. The first-order valence-corrected chi connectivity index (χ1v) is 6.79. The molecule has 0 amide bonds. The van der Waals surface area contributed by atoms with Crippen LogP contribution < -0.4 is 5.73 Å². The molecule has 1 heterocycles. The van der Waals surface area contributed by atoms with E-state index < -0.39 is 0 Å². The average Bonchev–Trinajstić information content (AvgIpc) is 2.54. The van der Waals surface area contributed by atoms with Crippen molar-refractivity contribution in [2.24, 2.45) is 0 Å². The van der Waals surface area contributed by atoms with Gasteiger partial charge >= 0.3 is 0 Å². The molecule has 2 rings (SSSR count). The zero-order chi connectivity index (χ0) is 11.5. The van der Waals surface area contributed by atoms with Gasteiger partial charge in [-0.1, -0.05) is 23.7 Å². The van der Waals surface area contributed by atoms with Gasteiger partial charge in [0.25, 0.3) is 0 Å². The molecular formula is C11H10BrClN2S. The van der Waals surface area contributed by atoms with E-state index in [2.05, 4.69) is 27.0 Å². The van der Waals surface area contributed by atoms with Crippen molar-refractivity contribution in [2.75, 3.05) is 5.73 Å².